The van der Waals surface area contributed by atoms with E-state index in [1.807, 2.05) is 12.2 Å². The third kappa shape index (κ3) is 5.83. The first-order chi connectivity index (χ1) is 12.9. The zero-order valence-corrected chi connectivity index (χ0v) is 15.8. The molecule has 0 aromatic heterocycles. The lowest BCUT2D eigenvalue weighted by molar-refractivity contribution is -0.123. The number of alkyl halides is 2. The van der Waals surface area contributed by atoms with Gasteiger partial charge in [-0.15, -0.1) is 0 Å². The van der Waals surface area contributed by atoms with Crippen molar-refractivity contribution in [2.75, 3.05) is 12.9 Å². The highest BCUT2D eigenvalue weighted by Gasteiger charge is 2.44. The minimum atomic E-state index is -3.11. The van der Waals surface area contributed by atoms with E-state index < -0.39 is 34.8 Å². The van der Waals surface area contributed by atoms with Crippen LogP contribution in [0, 0.1) is 6.92 Å². The Balaban J connectivity index is 2.07. The number of halogens is 2. The Bertz CT molecular complexity index is 771. The van der Waals surface area contributed by atoms with E-state index in [9.17, 15) is 17.8 Å². The van der Waals surface area contributed by atoms with Crippen molar-refractivity contribution in [1.29, 1.82) is 0 Å². The summed E-state index contributed by atoms with van der Waals surface area (Å²) in [5.74, 6) is -0.620. The van der Waals surface area contributed by atoms with Gasteiger partial charge in [0.1, 0.15) is 6.61 Å². The summed E-state index contributed by atoms with van der Waals surface area (Å²) in [5.41, 5.74) is -0.773. The monoisotopic (exact) mass is 397 g/mol. The molecule has 0 aliphatic heterocycles. The van der Waals surface area contributed by atoms with Gasteiger partial charge in [0.25, 0.3) is 6.43 Å². The quantitative estimate of drug-likeness (QED) is 0.691. The molecule has 2 atom stereocenters. The van der Waals surface area contributed by atoms with Crippen LogP contribution in [0.2, 0.25) is 0 Å². The number of hydrogen-bond acceptors (Lipinski definition) is 4. The fraction of sp³-hybridized carbons (Fsp3) is 0.316. The fourth-order valence-electron chi connectivity index (χ4n) is 2.25. The Morgan fingerprint density at radius 1 is 1.15 bits per heavy atom. The van der Waals surface area contributed by atoms with Gasteiger partial charge >= 0.3 is 6.09 Å². The Morgan fingerprint density at radius 2 is 1.78 bits per heavy atom. The van der Waals surface area contributed by atoms with Crippen molar-refractivity contribution < 1.29 is 27.3 Å². The molecule has 27 heavy (non-hydrogen) atoms. The summed E-state index contributed by atoms with van der Waals surface area (Å²) in [6, 6.07) is 15.4. The highest BCUT2D eigenvalue weighted by Crippen LogP contribution is 2.22. The van der Waals surface area contributed by atoms with Gasteiger partial charge in [-0.05, 0) is 24.6 Å². The van der Waals surface area contributed by atoms with Gasteiger partial charge in [-0.25, -0.2) is 13.6 Å². The smallest absolute Gasteiger partial charge is 0.409 e. The predicted octanol–water partition coefficient (Wildman–Crippen LogP) is 3.64. The topological polar surface area (TPSA) is 64.6 Å². The first kappa shape index (κ1) is 21.0. The van der Waals surface area contributed by atoms with E-state index in [1.54, 1.807) is 54.6 Å². The van der Waals surface area contributed by atoms with Crippen LogP contribution >= 0.6 is 0 Å². The van der Waals surface area contributed by atoms with Gasteiger partial charge in [-0.3, -0.25) is 9.53 Å². The third-order valence-corrected chi connectivity index (χ3v) is 5.36. The van der Waals surface area contributed by atoms with E-state index in [0.29, 0.717) is 10.5 Å². The molecule has 0 fully saturated rings. The van der Waals surface area contributed by atoms with Crippen molar-refractivity contribution in [1.82, 2.24) is 5.32 Å². The van der Waals surface area contributed by atoms with Crippen LogP contribution in [-0.4, -0.2) is 35.3 Å². The average Bonchev–Trinajstić information content (AvgIpc) is 2.67. The number of carbonyl (C=O) groups is 1. The molecular formula is C19H21F2NO4S. The molecule has 0 saturated heterocycles. The van der Waals surface area contributed by atoms with E-state index in [0.717, 1.165) is 12.7 Å². The van der Waals surface area contributed by atoms with Gasteiger partial charge in [0.2, 0.25) is 5.72 Å². The molecule has 0 aliphatic rings. The summed E-state index contributed by atoms with van der Waals surface area (Å²) in [7, 11) is -0.789. The van der Waals surface area contributed by atoms with Crippen LogP contribution in [0.15, 0.2) is 59.5 Å². The molecule has 8 heteroatoms. The number of aryl methyl sites for hydroxylation is 1. The van der Waals surface area contributed by atoms with Gasteiger partial charge in [0.05, 0.1) is 16.6 Å². The SMILES string of the molecule is CO[C@@](C[S@@](=O)c1ccc(C)cc1)(NC(=O)OCc1ccccc1)C(F)F. The summed E-state index contributed by atoms with van der Waals surface area (Å²) < 4.78 is 49.7. The molecule has 1 N–H and O–H groups in total. The van der Waals surface area contributed by atoms with Gasteiger partial charge in [-0.2, -0.15) is 0 Å². The van der Waals surface area contributed by atoms with Crippen molar-refractivity contribution >= 4 is 16.9 Å². The molecule has 2 aromatic carbocycles. The average molecular weight is 397 g/mol. The molecule has 2 rings (SSSR count). The Labute approximate surface area is 159 Å². The van der Waals surface area contributed by atoms with Crippen LogP contribution in [0.3, 0.4) is 0 Å². The second-order valence-electron chi connectivity index (χ2n) is 5.88. The predicted molar refractivity (Wildman–Crippen MR) is 98.0 cm³/mol. The summed E-state index contributed by atoms with van der Waals surface area (Å²) in [6.07, 6.45) is -4.19. The van der Waals surface area contributed by atoms with Crippen molar-refractivity contribution in [3.63, 3.8) is 0 Å². The first-order valence-corrected chi connectivity index (χ1v) is 9.45. The lowest BCUT2D eigenvalue weighted by atomic mass is 10.2. The molecule has 0 spiro atoms. The second kappa shape index (κ2) is 9.57. The number of ether oxygens (including phenoxy) is 2. The van der Waals surface area contributed by atoms with E-state index in [4.69, 9.17) is 9.47 Å². The largest absolute Gasteiger partial charge is 0.445 e. The fourth-order valence-corrected chi connectivity index (χ4v) is 3.56. The summed E-state index contributed by atoms with van der Waals surface area (Å²) in [5, 5.41) is 2.04. The Kier molecular flexibility index (Phi) is 7.44. The molecule has 0 aliphatic carbocycles. The molecule has 0 bridgehead atoms. The maximum Gasteiger partial charge on any atom is 0.409 e. The van der Waals surface area contributed by atoms with Gasteiger partial charge in [-0.1, -0.05) is 48.0 Å². The Morgan fingerprint density at radius 3 is 2.33 bits per heavy atom. The normalized spacial score (nSPS) is 14.4. The number of carbonyl (C=O) groups excluding carboxylic acids is 1. The molecule has 1 amide bonds. The number of benzene rings is 2. The number of methoxy groups -OCH3 is 1. The number of alkyl carbamates (subject to hydrolysis) is 1. The number of hydrogen-bond donors (Lipinski definition) is 1. The summed E-state index contributed by atoms with van der Waals surface area (Å²) in [6.45, 7) is 1.77. The summed E-state index contributed by atoms with van der Waals surface area (Å²) >= 11 is 0. The molecule has 0 unspecified atom stereocenters. The van der Waals surface area contributed by atoms with Crippen molar-refractivity contribution in [3.05, 3.63) is 65.7 Å². The van der Waals surface area contributed by atoms with Crippen molar-refractivity contribution in [2.45, 2.75) is 30.6 Å². The maximum atomic E-state index is 13.7. The molecular weight excluding hydrogens is 376 g/mol. The van der Waals surface area contributed by atoms with E-state index >= 15 is 0 Å². The molecule has 0 heterocycles. The molecule has 2 aromatic rings. The standard InChI is InChI=1S/C19H21F2NO4S/c1-14-8-10-16(11-9-14)27(24)13-19(25-2,17(20)21)22-18(23)26-12-15-6-4-3-5-7-15/h3-11,17H,12-13H2,1-2H3,(H,22,23)/t19-,27-/m1/s1. The lowest BCUT2D eigenvalue weighted by Gasteiger charge is -2.31. The second-order valence-corrected chi connectivity index (χ2v) is 7.34. The van der Waals surface area contributed by atoms with E-state index in [2.05, 4.69) is 0 Å². The lowest BCUT2D eigenvalue weighted by Crippen LogP contribution is -2.59. The highest BCUT2D eigenvalue weighted by molar-refractivity contribution is 7.85. The van der Waals surface area contributed by atoms with E-state index in [-0.39, 0.29) is 6.61 Å². The van der Waals surface area contributed by atoms with Gasteiger partial charge < -0.3 is 9.47 Å². The molecule has 146 valence electrons. The minimum absolute atomic E-state index is 0.0866. The minimum Gasteiger partial charge on any atom is -0.445 e. The molecule has 0 saturated carbocycles. The number of amides is 1. The zero-order chi connectivity index (χ0) is 19.9. The van der Waals surface area contributed by atoms with Crippen LogP contribution in [0.5, 0.6) is 0 Å². The van der Waals surface area contributed by atoms with Gasteiger partial charge in [0.15, 0.2) is 0 Å². The van der Waals surface area contributed by atoms with Crippen LogP contribution in [0.1, 0.15) is 11.1 Å². The van der Waals surface area contributed by atoms with Crippen molar-refractivity contribution in [2.24, 2.45) is 0 Å². The molecule has 0 radical (unpaired) electrons. The zero-order valence-electron chi connectivity index (χ0n) is 15.0. The van der Waals surface area contributed by atoms with Crippen LogP contribution in [0.25, 0.3) is 0 Å². The van der Waals surface area contributed by atoms with Crippen LogP contribution in [-0.2, 0) is 26.9 Å². The van der Waals surface area contributed by atoms with Crippen LogP contribution in [0.4, 0.5) is 13.6 Å². The number of rotatable bonds is 8. The Hall–Kier alpha value is -2.32. The van der Waals surface area contributed by atoms with Crippen molar-refractivity contribution in [3.8, 4) is 0 Å². The van der Waals surface area contributed by atoms with Gasteiger partial charge in [0, 0.05) is 12.0 Å². The molecule has 5 nitrogen and oxygen atoms in total. The third-order valence-electron chi connectivity index (χ3n) is 3.87. The maximum absolute atomic E-state index is 13.7. The summed E-state index contributed by atoms with van der Waals surface area (Å²) in [4.78, 5) is 12.4. The highest BCUT2D eigenvalue weighted by atomic mass is 32.2. The van der Waals surface area contributed by atoms with E-state index in [1.165, 1.54) is 0 Å². The van der Waals surface area contributed by atoms with Crippen LogP contribution < -0.4 is 5.32 Å². The number of nitrogens with one attached hydrogen (secondary N) is 1. The first-order valence-electron chi connectivity index (χ1n) is 8.13.